The second kappa shape index (κ2) is 7.43. The van der Waals surface area contributed by atoms with Gasteiger partial charge in [0, 0.05) is 30.6 Å². The summed E-state index contributed by atoms with van der Waals surface area (Å²) in [6, 6.07) is 3.27. The summed E-state index contributed by atoms with van der Waals surface area (Å²) in [5.74, 6) is 0. The Morgan fingerprint density at radius 2 is 2.05 bits per heavy atom. The van der Waals surface area contributed by atoms with Gasteiger partial charge in [-0.15, -0.1) is 11.3 Å². The standard InChI is InChI=1S/C14H23N3O3S2/c1-3-8-15-14(18)17-9-6-12(7-10-17)16-22(19,20)13-5-4-11(2)21-13/h4-5,12,16H,3,6-10H2,1-2H3,(H,15,18). The molecule has 1 saturated heterocycles. The molecule has 1 aliphatic heterocycles. The molecule has 1 fully saturated rings. The van der Waals surface area contributed by atoms with Crippen LogP contribution < -0.4 is 10.0 Å². The largest absolute Gasteiger partial charge is 0.338 e. The molecular formula is C14H23N3O3S2. The molecule has 2 heterocycles. The fourth-order valence-corrected chi connectivity index (χ4v) is 4.98. The van der Waals surface area contributed by atoms with Gasteiger partial charge in [-0.25, -0.2) is 17.9 Å². The zero-order valence-corrected chi connectivity index (χ0v) is 14.6. The van der Waals surface area contributed by atoms with Gasteiger partial charge in [0.2, 0.25) is 10.0 Å². The first kappa shape index (κ1) is 17.2. The van der Waals surface area contributed by atoms with E-state index in [-0.39, 0.29) is 12.1 Å². The van der Waals surface area contributed by atoms with Gasteiger partial charge in [0.05, 0.1) is 0 Å². The first-order valence-electron chi connectivity index (χ1n) is 7.54. The van der Waals surface area contributed by atoms with Crippen LogP contribution in [0.4, 0.5) is 4.79 Å². The predicted octanol–water partition coefficient (Wildman–Crippen LogP) is 1.92. The van der Waals surface area contributed by atoms with Crippen LogP contribution in [0, 0.1) is 6.92 Å². The molecule has 0 spiro atoms. The molecule has 0 atom stereocenters. The molecule has 0 bridgehead atoms. The smallest absolute Gasteiger partial charge is 0.317 e. The maximum absolute atomic E-state index is 12.3. The number of nitrogens with zero attached hydrogens (tertiary/aromatic N) is 1. The van der Waals surface area contributed by atoms with Crippen molar-refractivity contribution in [3.8, 4) is 0 Å². The number of amides is 2. The van der Waals surface area contributed by atoms with Crippen LogP contribution in [-0.4, -0.2) is 45.0 Å². The van der Waals surface area contributed by atoms with Crippen molar-refractivity contribution in [2.45, 2.75) is 43.4 Å². The number of carbonyl (C=O) groups is 1. The van der Waals surface area contributed by atoms with Gasteiger partial charge in [-0.05, 0) is 38.3 Å². The minimum absolute atomic E-state index is 0.0583. The molecular weight excluding hydrogens is 322 g/mol. The Bertz CT molecular complexity index is 605. The summed E-state index contributed by atoms with van der Waals surface area (Å²) in [6.45, 7) is 5.71. The molecule has 0 aliphatic carbocycles. The van der Waals surface area contributed by atoms with Gasteiger partial charge >= 0.3 is 6.03 Å². The molecule has 2 rings (SSSR count). The third kappa shape index (κ3) is 4.44. The zero-order chi connectivity index (χ0) is 16.2. The monoisotopic (exact) mass is 345 g/mol. The average molecular weight is 345 g/mol. The van der Waals surface area contributed by atoms with Gasteiger partial charge in [-0.2, -0.15) is 0 Å². The van der Waals surface area contributed by atoms with Crippen LogP contribution in [0.5, 0.6) is 0 Å². The van der Waals surface area contributed by atoms with Crippen molar-refractivity contribution >= 4 is 27.4 Å². The molecule has 0 aromatic carbocycles. The van der Waals surface area contributed by atoms with Crippen molar-refractivity contribution in [1.82, 2.24) is 14.9 Å². The van der Waals surface area contributed by atoms with E-state index in [1.54, 1.807) is 17.0 Å². The topological polar surface area (TPSA) is 78.5 Å². The highest BCUT2D eigenvalue weighted by atomic mass is 32.2. The van der Waals surface area contributed by atoms with E-state index in [1.165, 1.54) is 11.3 Å². The van der Waals surface area contributed by atoms with Crippen LogP contribution in [0.2, 0.25) is 0 Å². The fraction of sp³-hybridized carbons (Fsp3) is 0.643. The molecule has 1 aliphatic rings. The van der Waals surface area contributed by atoms with Gasteiger partial charge in [-0.3, -0.25) is 0 Å². The molecule has 0 radical (unpaired) electrons. The summed E-state index contributed by atoms with van der Waals surface area (Å²) in [4.78, 5) is 14.6. The summed E-state index contributed by atoms with van der Waals surface area (Å²) >= 11 is 1.27. The highest BCUT2D eigenvalue weighted by Crippen LogP contribution is 2.22. The van der Waals surface area contributed by atoms with Crippen molar-refractivity contribution in [1.29, 1.82) is 0 Å². The highest BCUT2D eigenvalue weighted by Gasteiger charge is 2.27. The van der Waals surface area contributed by atoms with E-state index in [0.29, 0.717) is 36.7 Å². The Labute approximate surface area is 135 Å². The predicted molar refractivity (Wildman–Crippen MR) is 87.7 cm³/mol. The molecule has 6 nitrogen and oxygen atoms in total. The van der Waals surface area contributed by atoms with Crippen LogP contribution in [0.15, 0.2) is 16.3 Å². The van der Waals surface area contributed by atoms with Gasteiger partial charge in [0.1, 0.15) is 4.21 Å². The van der Waals surface area contributed by atoms with Crippen LogP contribution in [0.3, 0.4) is 0 Å². The molecule has 1 aromatic rings. The molecule has 124 valence electrons. The molecule has 0 saturated carbocycles. The van der Waals surface area contributed by atoms with Crippen molar-refractivity contribution in [2.75, 3.05) is 19.6 Å². The lowest BCUT2D eigenvalue weighted by Crippen LogP contribution is -2.49. The van der Waals surface area contributed by atoms with E-state index in [4.69, 9.17) is 0 Å². The number of urea groups is 1. The minimum Gasteiger partial charge on any atom is -0.338 e. The summed E-state index contributed by atoms with van der Waals surface area (Å²) in [5, 5.41) is 2.84. The lowest BCUT2D eigenvalue weighted by Gasteiger charge is -2.32. The number of rotatable bonds is 5. The minimum atomic E-state index is -3.44. The summed E-state index contributed by atoms with van der Waals surface area (Å²) in [6.07, 6.45) is 2.19. The lowest BCUT2D eigenvalue weighted by molar-refractivity contribution is 0.180. The molecule has 1 aromatic heterocycles. The summed E-state index contributed by atoms with van der Waals surface area (Å²) < 4.78 is 27.7. The Hall–Kier alpha value is -1.12. The molecule has 22 heavy (non-hydrogen) atoms. The van der Waals surface area contributed by atoms with Gasteiger partial charge < -0.3 is 10.2 Å². The molecule has 2 amide bonds. The van der Waals surface area contributed by atoms with Crippen LogP contribution in [0.1, 0.15) is 31.1 Å². The Kier molecular flexibility index (Phi) is 5.82. The Morgan fingerprint density at radius 3 is 2.59 bits per heavy atom. The lowest BCUT2D eigenvalue weighted by atomic mass is 10.1. The number of aryl methyl sites for hydroxylation is 1. The average Bonchev–Trinajstić information content (AvgIpc) is 2.92. The number of piperidine rings is 1. The van der Waals surface area contributed by atoms with E-state index < -0.39 is 10.0 Å². The first-order chi connectivity index (χ1) is 10.4. The number of carbonyl (C=O) groups excluding carboxylic acids is 1. The third-order valence-electron chi connectivity index (χ3n) is 3.61. The van der Waals surface area contributed by atoms with E-state index in [2.05, 4.69) is 10.0 Å². The number of thiophene rings is 1. The summed E-state index contributed by atoms with van der Waals surface area (Å²) in [7, 11) is -3.44. The van der Waals surface area contributed by atoms with E-state index in [0.717, 1.165) is 11.3 Å². The van der Waals surface area contributed by atoms with Crippen molar-refractivity contribution in [3.63, 3.8) is 0 Å². The number of sulfonamides is 1. The molecule has 0 unspecified atom stereocenters. The quantitative estimate of drug-likeness (QED) is 0.856. The first-order valence-corrected chi connectivity index (χ1v) is 9.84. The van der Waals surface area contributed by atoms with Gasteiger partial charge in [0.25, 0.3) is 0 Å². The van der Waals surface area contributed by atoms with Crippen LogP contribution in [-0.2, 0) is 10.0 Å². The molecule has 2 N–H and O–H groups in total. The number of nitrogens with one attached hydrogen (secondary N) is 2. The van der Waals surface area contributed by atoms with Crippen LogP contribution in [0.25, 0.3) is 0 Å². The van der Waals surface area contributed by atoms with Crippen molar-refractivity contribution < 1.29 is 13.2 Å². The van der Waals surface area contributed by atoms with E-state index >= 15 is 0 Å². The van der Waals surface area contributed by atoms with Crippen molar-refractivity contribution in [3.05, 3.63) is 17.0 Å². The normalized spacial score (nSPS) is 16.7. The maximum Gasteiger partial charge on any atom is 0.317 e. The SMILES string of the molecule is CCCNC(=O)N1CCC(NS(=O)(=O)c2ccc(C)s2)CC1. The second-order valence-corrected chi connectivity index (χ2v) is 8.71. The second-order valence-electron chi connectivity index (χ2n) is 5.48. The highest BCUT2D eigenvalue weighted by molar-refractivity contribution is 7.91. The van der Waals surface area contributed by atoms with Gasteiger partial charge in [0.15, 0.2) is 0 Å². The number of likely N-dealkylation sites (tertiary alicyclic amines) is 1. The van der Waals surface area contributed by atoms with E-state index in [1.807, 2.05) is 13.8 Å². The summed E-state index contributed by atoms with van der Waals surface area (Å²) in [5.41, 5.74) is 0. The Balaban J connectivity index is 1.86. The van der Waals surface area contributed by atoms with Crippen LogP contribution >= 0.6 is 11.3 Å². The maximum atomic E-state index is 12.3. The Morgan fingerprint density at radius 1 is 1.36 bits per heavy atom. The fourth-order valence-electron chi connectivity index (χ4n) is 2.38. The van der Waals surface area contributed by atoms with E-state index in [9.17, 15) is 13.2 Å². The van der Waals surface area contributed by atoms with Gasteiger partial charge in [-0.1, -0.05) is 6.92 Å². The van der Waals surface area contributed by atoms with Crippen molar-refractivity contribution in [2.24, 2.45) is 0 Å². The number of hydrogen-bond acceptors (Lipinski definition) is 4. The zero-order valence-electron chi connectivity index (χ0n) is 13.0. The molecule has 8 heteroatoms. The third-order valence-corrected chi connectivity index (χ3v) is 6.62. The number of hydrogen-bond donors (Lipinski definition) is 2.